The van der Waals surface area contributed by atoms with E-state index in [-0.39, 0.29) is 12.0 Å². The number of rotatable bonds is 6. The summed E-state index contributed by atoms with van der Waals surface area (Å²) in [5.74, 6) is 3.25. The minimum absolute atomic E-state index is 0.105. The van der Waals surface area contributed by atoms with E-state index in [2.05, 4.69) is 24.0 Å². The number of hydrogen-bond acceptors (Lipinski definition) is 7. The molecule has 1 aliphatic heterocycles. The lowest BCUT2D eigenvalue weighted by Gasteiger charge is -2.18. The van der Waals surface area contributed by atoms with Crippen molar-refractivity contribution in [2.24, 2.45) is 5.92 Å². The summed E-state index contributed by atoms with van der Waals surface area (Å²) in [5.41, 5.74) is 0.740. The number of hydrogen-bond donors (Lipinski definition) is 0. The second-order valence-corrected chi connectivity index (χ2v) is 6.34. The van der Waals surface area contributed by atoms with Crippen molar-refractivity contribution in [3.8, 4) is 28.6 Å². The highest BCUT2D eigenvalue weighted by Gasteiger charge is 2.36. The molecular weight excluding hydrogens is 324 g/mol. The Morgan fingerprint density at radius 3 is 2.32 bits per heavy atom. The van der Waals surface area contributed by atoms with Gasteiger partial charge in [-0.3, -0.25) is 0 Å². The molecule has 0 radical (unpaired) electrons. The van der Waals surface area contributed by atoms with E-state index < -0.39 is 0 Å². The molecule has 1 aromatic heterocycles. The molecule has 2 aromatic rings. The topological polar surface area (TPSA) is 75.8 Å². The molecule has 0 spiro atoms. The van der Waals surface area contributed by atoms with Gasteiger partial charge in [-0.1, -0.05) is 19.0 Å². The lowest BCUT2D eigenvalue weighted by molar-refractivity contribution is 0.0627. The van der Waals surface area contributed by atoms with Crippen molar-refractivity contribution >= 4 is 0 Å². The summed E-state index contributed by atoms with van der Waals surface area (Å²) >= 11 is 0. The Hall–Kier alpha value is -2.28. The van der Waals surface area contributed by atoms with E-state index in [9.17, 15) is 0 Å². The molecular formula is C18H24N2O5. The van der Waals surface area contributed by atoms with Crippen LogP contribution in [0.2, 0.25) is 0 Å². The van der Waals surface area contributed by atoms with Crippen LogP contribution >= 0.6 is 0 Å². The van der Waals surface area contributed by atoms with Gasteiger partial charge in [-0.2, -0.15) is 4.98 Å². The van der Waals surface area contributed by atoms with Crippen LogP contribution in [0.5, 0.6) is 17.2 Å². The molecule has 1 fully saturated rings. The van der Waals surface area contributed by atoms with E-state index in [0.717, 1.165) is 18.6 Å². The van der Waals surface area contributed by atoms with Crippen LogP contribution in [0.4, 0.5) is 0 Å². The Balaban J connectivity index is 1.95. The van der Waals surface area contributed by atoms with Gasteiger partial charge in [0.1, 0.15) is 0 Å². The maximum atomic E-state index is 5.82. The zero-order valence-corrected chi connectivity index (χ0v) is 15.2. The molecule has 1 saturated heterocycles. The predicted molar refractivity (Wildman–Crippen MR) is 91.3 cm³/mol. The van der Waals surface area contributed by atoms with Crippen molar-refractivity contribution < 1.29 is 23.5 Å². The van der Waals surface area contributed by atoms with Crippen molar-refractivity contribution in [1.29, 1.82) is 0 Å². The molecule has 1 aliphatic rings. The van der Waals surface area contributed by atoms with Crippen molar-refractivity contribution in [1.82, 2.24) is 10.1 Å². The molecule has 0 unspecified atom stereocenters. The minimum atomic E-state index is 0.105. The first kappa shape index (κ1) is 17.5. The van der Waals surface area contributed by atoms with E-state index in [4.69, 9.17) is 23.5 Å². The molecule has 2 atom stereocenters. The van der Waals surface area contributed by atoms with Gasteiger partial charge in [-0.05, 0) is 24.5 Å². The number of nitrogens with zero attached hydrogens (tertiary/aromatic N) is 2. The molecule has 136 valence electrons. The quantitative estimate of drug-likeness (QED) is 0.793. The smallest absolute Gasteiger partial charge is 0.232 e. The zero-order valence-electron chi connectivity index (χ0n) is 15.2. The van der Waals surface area contributed by atoms with Gasteiger partial charge in [0.2, 0.25) is 17.5 Å². The molecule has 25 heavy (non-hydrogen) atoms. The zero-order chi connectivity index (χ0) is 18.0. The van der Waals surface area contributed by atoms with Gasteiger partial charge >= 0.3 is 0 Å². The molecule has 7 nitrogen and oxygen atoms in total. The Kier molecular flexibility index (Phi) is 5.13. The average Bonchev–Trinajstić information content (AvgIpc) is 3.28. The summed E-state index contributed by atoms with van der Waals surface area (Å²) in [6, 6.07) is 3.61. The van der Waals surface area contributed by atoms with E-state index >= 15 is 0 Å². The van der Waals surface area contributed by atoms with E-state index in [0.29, 0.717) is 34.9 Å². The largest absolute Gasteiger partial charge is 0.493 e. The van der Waals surface area contributed by atoms with Crippen molar-refractivity contribution in [3.63, 3.8) is 0 Å². The van der Waals surface area contributed by atoms with Crippen LogP contribution in [0.25, 0.3) is 11.4 Å². The standard InChI is InChI=1S/C18H24N2O5/c1-10(2)15-12(6-7-24-15)18-19-17(20-25-18)11-8-13(21-3)16(23-5)14(9-11)22-4/h8-10,12,15H,6-7H2,1-5H3/t12-,15+/m1/s1. The summed E-state index contributed by atoms with van der Waals surface area (Å²) in [4.78, 5) is 4.59. The minimum Gasteiger partial charge on any atom is -0.493 e. The van der Waals surface area contributed by atoms with Crippen LogP contribution in [0.1, 0.15) is 32.1 Å². The highest BCUT2D eigenvalue weighted by molar-refractivity contribution is 5.66. The monoisotopic (exact) mass is 348 g/mol. The molecule has 7 heteroatoms. The fraction of sp³-hybridized carbons (Fsp3) is 0.556. The van der Waals surface area contributed by atoms with Crippen LogP contribution in [0, 0.1) is 5.92 Å². The molecule has 0 bridgehead atoms. The third-order valence-corrected chi connectivity index (χ3v) is 4.47. The van der Waals surface area contributed by atoms with E-state index in [1.54, 1.807) is 33.5 Å². The number of benzene rings is 1. The van der Waals surface area contributed by atoms with Gasteiger partial charge in [0.05, 0.1) is 33.4 Å². The third kappa shape index (κ3) is 3.28. The Bertz CT molecular complexity index is 703. The van der Waals surface area contributed by atoms with Crippen LogP contribution in [0.15, 0.2) is 16.7 Å². The van der Waals surface area contributed by atoms with Gasteiger partial charge in [0.25, 0.3) is 0 Å². The van der Waals surface area contributed by atoms with Crippen LogP contribution in [-0.2, 0) is 4.74 Å². The number of ether oxygens (including phenoxy) is 4. The fourth-order valence-corrected chi connectivity index (χ4v) is 3.25. The maximum absolute atomic E-state index is 5.82. The fourth-order valence-electron chi connectivity index (χ4n) is 3.25. The second kappa shape index (κ2) is 7.31. The van der Waals surface area contributed by atoms with Gasteiger partial charge in [0.15, 0.2) is 11.5 Å². The molecule has 0 saturated carbocycles. The number of aromatic nitrogens is 2. The Labute approximate surface area is 147 Å². The van der Waals surface area contributed by atoms with Crippen LogP contribution in [-0.4, -0.2) is 44.2 Å². The maximum Gasteiger partial charge on any atom is 0.232 e. The highest BCUT2D eigenvalue weighted by atomic mass is 16.5. The lowest BCUT2D eigenvalue weighted by Crippen LogP contribution is -2.21. The van der Waals surface area contributed by atoms with Crippen LogP contribution in [0.3, 0.4) is 0 Å². The highest BCUT2D eigenvalue weighted by Crippen LogP contribution is 2.41. The molecule has 0 N–H and O–H groups in total. The molecule has 3 rings (SSSR count). The summed E-state index contributed by atoms with van der Waals surface area (Å²) in [7, 11) is 4.72. The Morgan fingerprint density at radius 1 is 1.08 bits per heavy atom. The van der Waals surface area contributed by atoms with Gasteiger partial charge in [-0.25, -0.2) is 0 Å². The summed E-state index contributed by atoms with van der Waals surface area (Å²) in [6.45, 7) is 4.99. The Morgan fingerprint density at radius 2 is 1.76 bits per heavy atom. The summed E-state index contributed by atoms with van der Waals surface area (Å²) < 4.78 is 27.5. The summed E-state index contributed by atoms with van der Waals surface area (Å²) in [5, 5.41) is 4.14. The van der Waals surface area contributed by atoms with Crippen LogP contribution < -0.4 is 14.2 Å². The SMILES string of the molecule is COc1cc(-c2noc([C@@H]3CCO[C@H]3C(C)C)n2)cc(OC)c1OC. The molecule has 1 aromatic carbocycles. The molecule has 0 aliphatic carbocycles. The van der Waals surface area contributed by atoms with E-state index in [1.165, 1.54) is 0 Å². The van der Waals surface area contributed by atoms with Gasteiger partial charge < -0.3 is 23.5 Å². The second-order valence-electron chi connectivity index (χ2n) is 6.34. The van der Waals surface area contributed by atoms with E-state index in [1.807, 2.05) is 0 Å². The molecule has 2 heterocycles. The first-order valence-corrected chi connectivity index (χ1v) is 8.34. The number of methoxy groups -OCH3 is 3. The van der Waals surface area contributed by atoms with Gasteiger partial charge in [0, 0.05) is 12.2 Å². The third-order valence-electron chi connectivity index (χ3n) is 4.47. The van der Waals surface area contributed by atoms with Crippen molar-refractivity contribution in [2.45, 2.75) is 32.3 Å². The van der Waals surface area contributed by atoms with Crippen molar-refractivity contribution in [3.05, 3.63) is 18.0 Å². The lowest BCUT2D eigenvalue weighted by atomic mass is 9.93. The normalized spacial score (nSPS) is 20.1. The first-order valence-electron chi connectivity index (χ1n) is 8.34. The first-order chi connectivity index (χ1) is 12.1. The molecule has 0 amide bonds. The predicted octanol–water partition coefficient (Wildman–Crippen LogP) is 3.29. The van der Waals surface area contributed by atoms with Gasteiger partial charge in [-0.15, -0.1) is 0 Å². The summed E-state index contributed by atoms with van der Waals surface area (Å²) in [6.07, 6.45) is 0.993. The average molecular weight is 348 g/mol. The van der Waals surface area contributed by atoms with Crippen molar-refractivity contribution in [2.75, 3.05) is 27.9 Å².